The molecule has 0 N–H and O–H groups in total. The molecule has 3 nitrogen and oxygen atoms in total. The van der Waals surface area contributed by atoms with Gasteiger partial charge in [0.05, 0.1) is 6.04 Å². The van der Waals surface area contributed by atoms with Crippen LogP contribution < -0.4 is 0 Å². The fourth-order valence-electron chi connectivity index (χ4n) is 3.95. The van der Waals surface area contributed by atoms with E-state index in [1.54, 1.807) is 36.5 Å². The van der Waals surface area contributed by atoms with Crippen molar-refractivity contribution >= 4 is 40.1 Å². The van der Waals surface area contributed by atoms with Gasteiger partial charge in [-0.15, -0.1) is 11.3 Å². The molecule has 1 saturated carbocycles. The number of ketones is 1. The fourth-order valence-corrected chi connectivity index (χ4v) is 5.56. The normalized spacial score (nSPS) is 22.6. The molecule has 152 valence electrons. The first kappa shape index (κ1) is 20.5. The summed E-state index contributed by atoms with van der Waals surface area (Å²) in [5, 5.41) is 2.22. The quantitative estimate of drug-likeness (QED) is 0.621. The molecule has 1 aliphatic carbocycles. The lowest BCUT2D eigenvalue weighted by Crippen LogP contribution is -2.43. The van der Waals surface area contributed by atoms with Crippen LogP contribution in [0.1, 0.15) is 42.7 Å². The van der Waals surface area contributed by atoms with Crippen LogP contribution in [0.15, 0.2) is 47.4 Å². The Balaban J connectivity index is 1.66. The molecule has 4 rings (SSSR count). The number of halogens is 1. The molecule has 1 aromatic carbocycles. The van der Waals surface area contributed by atoms with Crippen molar-refractivity contribution in [2.24, 2.45) is 5.92 Å². The first-order chi connectivity index (χ1) is 14.0. The second-order valence-electron chi connectivity index (χ2n) is 7.69. The van der Waals surface area contributed by atoms with Crippen molar-refractivity contribution < 1.29 is 14.0 Å². The molecule has 0 amide bonds. The minimum absolute atomic E-state index is 0.0497. The Hall–Kier alpha value is -1.76. The molecule has 0 radical (unpaired) electrons. The Morgan fingerprint density at radius 2 is 2.00 bits per heavy atom. The molecule has 1 aliphatic heterocycles. The molecule has 1 aromatic heterocycles. The van der Waals surface area contributed by atoms with Crippen molar-refractivity contribution in [3.05, 3.63) is 63.6 Å². The van der Waals surface area contributed by atoms with E-state index in [0.717, 1.165) is 29.7 Å². The van der Waals surface area contributed by atoms with Crippen LogP contribution >= 0.6 is 23.1 Å². The van der Waals surface area contributed by atoms with Gasteiger partial charge in [-0.05, 0) is 48.4 Å². The zero-order valence-corrected chi connectivity index (χ0v) is 18.0. The van der Waals surface area contributed by atoms with Crippen LogP contribution in [0.4, 0.5) is 4.39 Å². The standard InChI is InChI=1S/C23H24FNO2S2/c1-15(26)29-21-10-11-25(14-17(21)13-18-5-4-12-28-18)22(23(27)16-8-9-16)19-6-2-3-7-20(19)24/h2-7,12-13,16,21-22H,8-11,14H2,1H3. The molecule has 6 heteroatoms. The van der Waals surface area contributed by atoms with Crippen LogP contribution in [0.3, 0.4) is 0 Å². The van der Waals surface area contributed by atoms with Gasteiger partial charge >= 0.3 is 0 Å². The summed E-state index contributed by atoms with van der Waals surface area (Å²) in [4.78, 5) is 28.2. The van der Waals surface area contributed by atoms with Crippen molar-refractivity contribution in [2.45, 2.75) is 37.5 Å². The summed E-state index contributed by atoms with van der Waals surface area (Å²) in [7, 11) is 0. The third-order valence-corrected chi connectivity index (χ3v) is 7.45. The number of benzene rings is 1. The van der Waals surface area contributed by atoms with E-state index in [4.69, 9.17) is 0 Å². The van der Waals surface area contributed by atoms with E-state index >= 15 is 0 Å². The highest BCUT2D eigenvalue weighted by atomic mass is 32.2. The van der Waals surface area contributed by atoms with Crippen LogP contribution in [0.5, 0.6) is 0 Å². The number of carbonyl (C=O) groups excluding carboxylic acids is 2. The maximum Gasteiger partial charge on any atom is 0.186 e. The molecule has 2 heterocycles. The second-order valence-corrected chi connectivity index (χ2v) is 10.1. The zero-order valence-electron chi connectivity index (χ0n) is 16.3. The van der Waals surface area contributed by atoms with E-state index in [2.05, 4.69) is 17.0 Å². The SMILES string of the molecule is CC(=O)SC1CCN(C(C(=O)C2CC2)c2ccccc2F)CC1=Cc1cccs1. The second kappa shape index (κ2) is 8.94. The minimum Gasteiger partial charge on any atom is -0.297 e. The highest BCUT2D eigenvalue weighted by Crippen LogP contribution is 2.40. The van der Waals surface area contributed by atoms with E-state index in [9.17, 15) is 14.0 Å². The third-order valence-electron chi connectivity index (χ3n) is 5.47. The molecule has 2 aromatic rings. The molecule has 2 aliphatic rings. The average Bonchev–Trinajstić information content (AvgIpc) is 3.42. The minimum atomic E-state index is -0.557. The maximum absolute atomic E-state index is 14.6. The predicted octanol–water partition coefficient (Wildman–Crippen LogP) is 5.35. The number of hydrogen-bond donors (Lipinski definition) is 0. The Morgan fingerprint density at radius 1 is 1.21 bits per heavy atom. The van der Waals surface area contributed by atoms with Crippen molar-refractivity contribution in [1.29, 1.82) is 0 Å². The number of thiophene rings is 1. The number of thioether (sulfide) groups is 1. The summed E-state index contributed by atoms with van der Waals surface area (Å²) in [6, 6.07) is 10.1. The van der Waals surface area contributed by atoms with Crippen LogP contribution in [-0.4, -0.2) is 34.1 Å². The highest BCUT2D eigenvalue weighted by Gasteiger charge is 2.41. The van der Waals surface area contributed by atoms with Crippen LogP contribution in [0, 0.1) is 11.7 Å². The highest BCUT2D eigenvalue weighted by molar-refractivity contribution is 8.14. The van der Waals surface area contributed by atoms with Gasteiger partial charge in [-0.1, -0.05) is 36.0 Å². The Bertz CT molecular complexity index is 921. The first-order valence-electron chi connectivity index (χ1n) is 9.96. The van der Waals surface area contributed by atoms with E-state index in [-0.39, 0.29) is 27.9 Å². The lowest BCUT2D eigenvalue weighted by Gasteiger charge is -2.38. The number of nitrogens with zero attached hydrogens (tertiary/aromatic N) is 1. The Labute approximate surface area is 179 Å². The number of carbonyl (C=O) groups is 2. The van der Waals surface area contributed by atoms with Gasteiger partial charge in [0, 0.05) is 41.6 Å². The summed E-state index contributed by atoms with van der Waals surface area (Å²) in [6.07, 6.45) is 4.71. The van der Waals surface area contributed by atoms with Gasteiger partial charge in [-0.2, -0.15) is 0 Å². The van der Waals surface area contributed by atoms with Crippen molar-refractivity contribution in [1.82, 2.24) is 4.90 Å². The summed E-state index contributed by atoms with van der Waals surface area (Å²) in [5.41, 5.74) is 1.60. The Kier molecular flexibility index (Phi) is 6.32. The van der Waals surface area contributed by atoms with Gasteiger partial charge in [0.2, 0.25) is 0 Å². The van der Waals surface area contributed by atoms with E-state index in [1.165, 1.54) is 17.8 Å². The largest absolute Gasteiger partial charge is 0.297 e. The van der Waals surface area contributed by atoms with Crippen molar-refractivity contribution in [3.8, 4) is 0 Å². The lowest BCUT2D eigenvalue weighted by atomic mass is 9.93. The van der Waals surface area contributed by atoms with Gasteiger partial charge in [0.15, 0.2) is 10.9 Å². The summed E-state index contributed by atoms with van der Waals surface area (Å²) < 4.78 is 14.6. The molecule has 2 fully saturated rings. The average molecular weight is 430 g/mol. The Morgan fingerprint density at radius 3 is 2.66 bits per heavy atom. The monoisotopic (exact) mass is 429 g/mol. The van der Waals surface area contributed by atoms with Gasteiger partial charge < -0.3 is 0 Å². The van der Waals surface area contributed by atoms with E-state index in [0.29, 0.717) is 18.7 Å². The first-order valence-corrected chi connectivity index (χ1v) is 11.7. The summed E-state index contributed by atoms with van der Waals surface area (Å²) in [6.45, 7) is 2.84. The molecule has 29 heavy (non-hydrogen) atoms. The van der Waals surface area contributed by atoms with Gasteiger partial charge in [0.1, 0.15) is 5.82 Å². The number of likely N-dealkylation sites (tertiary alicyclic amines) is 1. The third kappa shape index (κ3) is 4.87. The number of Topliss-reactive ketones (excluding diaryl/α,β-unsaturated/α-hetero) is 1. The molecule has 1 saturated heterocycles. The van der Waals surface area contributed by atoms with E-state index in [1.807, 2.05) is 11.4 Å². The van der Waals surface area contributed by atoms with Crippen LogP contribution in [0.2, 0.25) is 0 Å². The number of hydrogen-bond acceptors (Lipinski definition) is 5. The number of rotatable bonds is 6. The lowest BCUT2D eigenvalue weighted by molar-refractivity contribution is -0.126. The molecule has 2 unspecified atom stereocenters. The molecular formula is C23H24FNO2S2. The molecular weight excluding hydrogens is 405 g/mol. The fraction of sp³-hybridized carbons (Fsp3) is 0.391. The van der Waals surface area contributed by atoms with Gasteiger partial charge in [-0.3, -0.25) is 14.5 Å². The maximum atomic E-state index is 14.6. The van der Waals surface area contributed by atoms with Crippen LogP contribution in [-0.2, 0) is 9.59 Å². The van der Waals surface area contributed by atoms with Crippen LogP contribution in [0.25, 0.3) is 6.08 Å². The molecule has 0 bridgehead atoms. The van der Waals surface area contributed by atoms with Crippen molar-refractivity contribution in [3.63, 3.8) is 0 Å². The van der Waals surface area contributed by atoms with E-state index < -0.39 is 6.04 Å². The van der Waals surface area contributed by atoms with Gasteiger partial charge in [0.25, 0.3) is 0 Å². The molecule has 0 spiro atoms. The topological polar surface area (TPSA) is 37.4 Å². The smallest absolute Gasteiger partial charge is 0.186 e. The summed E-state index contributed by atoms with van der Waals surface area (Å²) in [5.74, 6) is -0.146. The number of piperidine rings is 1. The zero-order chi connectivity index (χ0) is 20.4. The van der Waals surface area contributed by atoms with Gasteiger partial charge in [-0.25, -0.2) is 4.39 Å². The predicted molar refractivity (Wildman–Crippen MR) is 117 cm³/mol. The summed E-state index contributed by atoms with van der Waals surface area (Å²) >= 11 is 3.01. The van der Waals surface area contributed by atoms with Crippen molar-refractivity contribution in [2.75, 3.05) is 13.1 Å². The molecule has 2 atom stereocenters.